The average molecular weight is 409 g/mol. The van der Waals surface area contributed by atoms with E-state index in [1.165, 1.54) is 11.3 Å². The van der Waals surface area contributed by atoms with Crippen molar-refractivity contribution in [2.24, 2.45) is 0 Å². The first-order valence-corrected chi connectivity index (χ1v) is 11.0. The molecule has 4 aromatic rings. The normalized spacial score (nSPS) is 11.1. The molecule has 4 rings (SSSR count). The molecule has 2 heterocycles. The number of fused-ring (bicyclic) bond motifs is 1. The quantitative estimate of drug-likeness (QED) is 0.376. The lowest BCUT2D eigenvalue weighted by molar-refractivity contribution is 0.0982. The minimum Gasteiger partial charge on any atom is -0.467 e. The van der Waals surface area contributed by atoms with Crippen LogP contribution in [0.5, 0.6) is 0 Å². The van der Waals surface area contributed by atoms with E-state index in [9.17, 15) is 4.79 Å². The van der Waals surface area contributed by atoms with Crippen molar-refractivity contribution in [3.63, 3.8) is 0 Å². The molecule has 0 fully saturated rings. The number of benzene rings is 2. The molecule has 0 saturated heterocycles. The van der Waals surface area contributed by atoms with Crippen LogP contribution in [0.1, 0.15) is 27.2 Å². The van der Waals surface area contributed by atoms with Crippen LogP contribution < -0.4 is 4.90 Å². The highest BCUT2D eigenvalue weighted by atomic mass is 32.2. The van der Waals surface area contributed by atoms with Crippen LogP contribution in [0.15, 0.2) is 64.1 Å². The number of anilines is 1. The number of hydrogen-bond donors (Lipinski definition) is 0. The minimum atomic E-state index is -0.0707. The van der Waals surface area contributed by atoms with Crippen molar-refractivity contribution in [3.05, 3.63) is 77.2 Å². The number of carbonyl (C=O) groups excluding carboxylic acids is 1. The molecule has 28 heavy (non-hydrogen) atoms. The molecule has 4 nitrogen and oxygen atoms in total. The molecule has 2 aromatic carbocycles. The van der Waals surface area contributed by atoms with Crippen molar-refractivity contribution in [3.8, 4) is 0 Å². The lowest BCUT2D eigenvalue weighted by atomic mass is 10.0. The van der Waals surface area contributed by atoms with Gasteiger partial charge in [-0.2, -0.15) is 0 Å². The Hall–Kier alpha value is -2.57. The number of furan rings is 1. The number of hydrogen-bond acceptors (Lipinski definition) is 5. The third-order valence-corrected chi connectivity index (χ3v) is 6.39. The Kier molecular flexibility index (Phi) is 5.24. The summed E-state index contributed by atoms with van der Waals surface area (Å²) in [6.45, 7) is 4.34. The fraction of sp³-hybridized carbons (Fsp3) is 0.182. The third-order valence-electron chi connectivity index (χ3n) is 4.57. The standard InChI is InChI=1S/C22H20N2O2S2/c1-14-9-10-17(15(2)12-14)21(25)24(13-16-6-5-11-26-16)22-23-20-18(27-3)7-4-8-19(20)28-22/h4-12H,13H2,1-3H3. The fourth-order valence-electron chi connectivity index (χ4n) is 3.18. The minimum absolute atomic E-state index is 0.0707. The van der Waals surface area contributed by atoms with E-state index in [-0.39, 0.29) is 5.91 Å². The Balaban J connectivity index is 1.80. The first-order chi connectivity index (χ1) is 13.6. The zero-order valence-corrected chi connectivity index (χ0v) is 17.6. The summed E-state index contributed by atoms with van der Waals surface area (Å²) in [5.41, 5.74) is 3.71. The van der Waals surface area contributed by atoms with Crippen molar-refractivity contribution in [2.75, 3.05) is 11.2 Å². The van der Waals surface area contributed by atoms with Crippen LogP contribution in [0.4, 0.5) is 5.13 Å². The summed E-state index contributed by atoms with van der Waals surface area (Å²) in [4.78, 5) is 21.1. The molecule has 0 aliphatic carbocycles. The van der Waals surface area contributed by atoms with Gasteiger partial charge >= 0.3 is 0 Å². The van der Waals surface area contributed by atoms with Crippen molar-refractivity contribution < 1.29 is 9.21 Å². The monoisotopic (exact) mass is 408 g/mol. The first kappa shape index (κ1) is 18.8. The van der Waals surface area contributed by atoms with Gasteiger partial charge < -0.3 is 4.42 Å². The Morgan fingerprint density at radius 3 is 2.75 bits per heavy atom. The van der Waals surface area contributed by atoms with Gasteiger partial charge in [0.05, 0.1) is 23.0 Å². The van der Waals surface area contributed by atoms with Gasteiger partial charge in [-0.15, -0.1) is 11.8 Å². The molecular formula is C22H20N2O2S2. The second kappa shape index (κ2) is 7.81. The Morgan fingerprint density at radius 1 is 1.18 bits per heavy atom. The molecule has 0 bridgehead atoms. The molecule has 0 N–H and O–H groups in total. The van der Waals surface area contributed by atoms with Crippen LogP contribution in [0.25, 0.3) is 10.2 Å². The van der Waals surface area contributed by atoms with E-state index >= 15 is 0 Å². The number of para-hydroxylation sites is 1. The summed E-state index contributed by atoms with van der Waals surface area (Å²) in [7, 11) is 0. The molecule has 1 amide bonds. The summed E-state index contributed by atoms with van der Waals surface area (Å²) in [5.74, 6) is 0.654. The molecule has 6 heteroatoms. The van der Waals surface area contributed by atoms with Gasteiger partial charge in [-0.25, -0.2) is 4.98 Å². The summed E-state index contributed by atoms with van der Waals surface area (Å²) >= 11 is 3.19. The highest BCUT2D eigenvalue weighted by molar-refractivity contribution is 7.98. The van der Waals surface area contributed by atoms with Gasteiger partial charge in [0.25, 0.3) is 5.91 Å². The molecule has 2 aromatic heterocycles. The lowest BCUT2D eigenvalue weighted by Gasteiger charge is -2.20. The van der Waals surface area contributed by atoms with Gasteiger partial charge in [-0.05, 0) is 56.0 Å². The lowest BCUT2D eigenvalue weighted by Crippen LogP contribution is -2.30. The van der Waals surface area contributed by atoms with Crippen molar-refractivity contribution in [1.82, 2.24) is 4.98 Å². The topological polar surface area (TPSA) is 46.3 Å². The molecule has 0 aliphatic heterocycles. The second-order valence-corrected chi connectivity index (χ2v) is 8.45. The number of aromatic nitrogens is 1. The van der Waals surface area contributed by atoms with Gasteiger partial charge in [0.1, 0.15) is 5.76 Å². The molecule has 0 spiro atoms. The molecule has 0 radical (unpaired) electrons. The van der Waals surface area contributed by atoms with Crippen molar-refractivity contribution in [2.45, 2.75) is 25.3 Å². The van der Waals surface area contributed by atoms with Crippen LogP contribution in [0, 0.1) is 13.8 Å². The van der Waals surface area contributed by atoms with Gasteiger partial charge in [-0.3, -0.25) is 9.69 Å². The van der Waals surface area contributed by atoms with Crippen molar-refractivity contribution in [1.29, 1.82) is 0 Å². The van der Waals surface area contributed by atoms with E-state index in [2.05, 4.69) is 6.07 Å². The molecule has 0 aliphatic rings. The van der Waals surface area contributed by atoms with Crippen LogP contribution in [0.2, 0.25) is 0 Å². The number of thioether (sulfide) groups is 1. The van der Waals surface area contributed by atoms with E-state index in [1.807, 2.05) is 62.6 Å². The number of nitrogens with zero attached hydrogens (tertiary/aromatic N) is 2. The van der Waals surface area contributed by atoms with E-state index < -0.39 is 0 Å². The predicted octanol–water partition coefficient (Wildman–Crippen LogP) is 6.08. The fourth-order valence-corrected chi connectivity index (χ4v) is 4.79. The third kappa shape index (κ3) is 3.57. The van der Waals surface area contributed by atoms with E-state index in [0.717, 1.165) is 32.0 Å². The summed E-state index contributed by atoms with van der Waals surface area (Å²) in [5, 5.41) is 0.679. The summed E-state index contributed by atoms with van der Waals surface area (Å²) in [6, 6.07) is 15.7. The zero-order chi connectivity index (χ0) is 19.7. The molecular weight excluding hydrogens is 388 g/mol. The summed E-state index contributed by atoms with van der Waals surface area (Å²) < 4.78 is 6.59. The highest BCUT2D eigenvalue weighted by Crippen LogP contribution is 2.35. The Labute approximate surface area is 172 Å². The number of thiazole rings is 1. The number of carbonyl (C=O) groups is 1. The Morgan fingerprint density at radius 2 is 2.04 bits per heavy atom. The van der Waals surface area contributed by atoms with Gasteiger partial charge in [0, 0.05) is 10.5 Å². The maximum Gasteiger partial charge on any atom is 0.260 e. The highest BCUT2D eigenvalue weighted by Gasteiger charge is 2.24. The van der Waals surface area contributed by atoms with Crippen LogP contribution in [-0.4, -0.2) is 17.1 Å². The maximum absolute atomic E-state index is 13.5. The van der Waals surface area contributed by atoms with E-state index in [4.69, 9.17) is 9.40 Å². The van der Waals surface area contributed by atoms with Crippen LogP contribution in [-0.2, 0) is 6.54 Å². The molecule has 0 atom stereocenters. The second-order valence-electron chi connectivity index (χ2n) is 6.59. The predicted molar refractivity (Wildman–Crippen MR) is 117 cm³/mol. The molecule has 0 saturated carbocycles. The van der Waals surface area contributed by atoms with Gasteiger partial charge in [0.15, 0.2) is 5.13 Å². The number of rotatable bonds is 5. The largest absolute Gasteiger partial charge is 0.467 e. The smallest absolute Gasteiger partial charge is 0.260 e. The SMILES string of the molecule is CSc1cccc2sc(N(Cc3ccco3)C(=O)c3ccc(C)cc3C)nc12. The summed E-state index contributed by atoms with van der Waals surface area (Å²) in [6.07, 6.45) is 3.66. The van der Waals surface area contributed by atoms with Crippen molar-refractivity contribution >= 4 is 44.4 Å². The molecule has 0 unspecified atom stereocenters. The van der Waals surface area contributed by atoms with Gasteiger partial charge in [-0.1, -0.05) is 35.1 Å². The number of amides is 1. The number of aryl methyl sites for hydroxylation is 2. The Bertz CT molecular complexity index is 1130. The van der Waals surface area contributed by atoms with Crippen LogP contribution in [0.3, 0.4) is 0 Å². The van der Waals surface area contributed by atoms with E-state index in [1.54, 1.807) is 22.9 Å². The van der Waals surface area contributed by atoms with Gasteiger partial charge in [0.2, 0.25) is 0 Å². The maximum atomic E-state index is 13.5. The average Bonchev–Trinajstić information content (AvgIpc) is 3.34. The van der Waals surface area contributed by atoms with E-state index in [0.29, 0.717) is 17.2 Å². The molecule has 142 valence electrons. The van der Waals surface area contributed by atoms with Crippen LogP contribution >= 0.6 is 23.1 Å². The first-order valence-electron chi connectivity index (χ1n) is 8.92. The zero-order valence-electron chi connectivity index (χ0n) is 15.9.